The molecule has 0 N–H and O–H groups in total. The summed E-state index contributed by atoms with van der Waals surface area (Å²) in [7, 11) is 0. The highest BCUT2D eigenvalue weighted by Crippen LogP contribution is 2.51. The number of halogens is 2. The Morgan fingerprint density at radius 1 is 1.00 bits per heavy atom. The molecule has 11 nitrogen and oxygen atoms in total. The van der Waals surface area contributed by atoms with Crippen molar-refractivity contribution in [1.29, 1.82) is 0 Å². The highest BCUT2D eigenvalue weighted by atomic mass is 32.1. The van der Waals surface area contributed by atoms with Crippen LogP contribution in [0, 0.1) is 11.6 Å². The number of rotatable bonds is 3. The summed E-state index contributed by atoms with van der Waals surface area (Å²) in [6.07, 6.45) is -1.16. The van der Waals surface area contributed by atoms with Gasteiger partial charge in [0.05, 0.1) is 32.3 Å². The number of ether oxygens (including phenoxy) is 3. The van der Waals surface area contributed by atoms with E-state index < -0.39 is 53.2 Å². The Hall–Kier alpha value is -5.08. The van der Waals surface area contributed by atoms with E-state index in [-0.39, 0.29) is 50.0 Å². The van der Waals surface area contributed by atoms with E-state index in [0.29, 0.717) is 11.1 Å². The summed E-state index contributed by atoms with van der Waals surface area (Å²) in [5.74, 6) is -3.28. The summed E-state index contributed by atoms with van der Waals surface area (Å²) in [6, 6.07) is 12.2. The first-order valence-corrected chi connectivity index (χ1v) is 15.8. The molecule has 2 aromatic heterocycles. The van der Waals surface area contributed by atoms with Crippen LogP contribution in [-0.4, -0.2) is 77.6 Å². The molecule has 0 bridgehead atoms. The summed E-state index contributed by atoms with van der Waals surface area (Å²) in [6.45, 7) is 2.21. The number of pyridine rings is 1. The van der Waals surface area contributed by atoms with Crippen LogP contribution in [0.3, 0.4) is 0 Å². The number of carbonyl (C=O) groups excluding carboxylic acids is 3. The summed E-state index contributed by atoms with van der Waals surface area (Å²) in [5.41, 5.74) is 1.63. The van der Waals surface area contributed by atoms with Crippen molar-refractivity contribution >= 4 is 29.3 Å². The van der Waals surface area contributed by atoms with E-state index in [1.54, 1.807) is 11.1 Å². The Bertz CT molecular complexity index is 2040. The van der Waals surface area contributed by atoms with Gasteiger partial charge in [0.25, 0.3) is 5.91 Å². The number of aromatic nitrogens is 1. The monoisotopic (exact) mass is 660 g/mol. The van der Waals surface area contributed by atoms with Gasteiger partial charge in [0, 0.05) is 41.7 Å². The first-order valence-electron chi connectivity index (χ1n) is 14.9. The number of morpholine rings is 1. The van der Waals surface area contributed by atoms with Crippen molar-refractivity contribution in [2.45, 2.75) is 25.2 Å². The quantitative estimate of drug-likeness (QED) is 0.302. The zero-order chi connectivity index (χ0) is 32.6. The molecule has 4 aliphatic rings. The molecule has 2 amide bonds. The molecule has 0 saturated carbocycles. The second-order valence-corrected chi connectivity index (χ2v) is 12.5. The lowest BCUT2D eigenvalue weighted by Crippen LogP contribution is -2.66. The molecule has 8 rings (SSSR count). The number of fused-ring (bicyclic) bond motifs is 7. The smallest absolute Gasteiger partial charge is 0.427 e. The van der Waals surface area contributed by atoms with E-state index in [4.69, 9.17) is 14.2 Å². The standard InChI is InChI=1S/C33H26F2N4O7S/c1-17(40)36-14-18(15-36)45-33(43)46-30-24(41)8-10-38-29(30)32(42)37-11-12-44-16-25(37)39(38)28-19-4-2-3-5-20(19)31-22(9-13-47-31)26-21(28)6-7-23(34)27(26)35/h2-10,13,18,25,28H,11-12,14-16H2,1H3/t25-,28?/m1/s1. The molecule has 47 heavy (non-hydrogen) atoms. The maximum absolute atomic E-state index is 15.9. The molecule has 2 saturated heterocycles. The fourth-order valence-electron chi connectivity index (χ4n) is 6.81. The van der Waals surface area contributed by atoms with Gasteiger partial charge in [-0.2, -0.15) is 0 Å². The van der Waals surface area contributed by atoms with E-state index in [1.807, 2.05) is 29.6 Å². The SMILES string of the molecule is CC(=O)N1CC(OC(=O)Oc2c3n(ccc2=O)N(C2c4ccccc4-c4sccc4-c4c2ccc(F)c4F)[C@@H]2COCCN2C3=O)C1. The maximum Gasteiger partial charge on any atom is 0.514 e. The molecular formula is C33H26F2N4O7S. The van der Waals surface area contributed by atoms with E-state index in [0.717, 1.165) is 28.1 Å². The lowest BCUT2D eigenvalue weighted by Gasteiger charge is -2.51. The van der Waals surface area contributed by atoms with E-state index >= 15 is 4.39 Å². The second kappa shape index (κ2) is 11.0. The highest BCUT2D eigenvalue weighted by Gasteiger charge is 2.47. The van der Waals surface area contributed by atoms with Gasteiger partial charge in [0.15, 0.2) is 17.3 Å². The van der Waals surface area contributed by atoms with Gasteiger partial charge >= 0.3 is 6.16 Å². The molecule has 5 heterocycles. The number of carbonyl (C=O) groups is 3. The minimum absolute atomic E-state index is 0.0728. The molecule has 2 aromatic carbocycles. The van der Waals surface area contributed by atoms with Crippen molar-refractivity contribution in [3.63, 3.8) is 0 Å². The van der Waals surface area contributed by atoms with Gasteiger partial charge in [0.2, 0.25) is 17.1 Å². The van der Waals surface area contributed by atoms with Crippen LogP contribution in [0.4, 0.5) is 13.6 Å². The van der Waals surface area contributed by atoms with Crippen LogP contribution in [0.2, 0.25) is 0 Å². The molecule has 1 unspecified atom stereocenters. The number of nitrogens with zero attached hydrogens (tertiary/aromatic N) is 4. The fourth-order valence-corrected chi connectivity index (χ4v) is 7.76. The first-order chi connectivity index (χ1) is 22.7. The number of hydrogen-bond donors (Lipinski definition) is 0. The summed E-state index contributed by atoms with van der Waals surface area (Å²) < 4.78 is 48.9. The summed E-state index contributed by atoms with van der Waals surface area (Å²) >= 11 is 1.40. The fraction of sp³-hybridized carbons (Fsp3) is 0.273. The summed E-state index contributed by atoms with van der Waals surface area (Å²) in [4.78, 5) is 55.6. The zero-order valence-corrected chi connectivity index (χ0v) is 25.7. The highest BCUT2D eigenvalue weighted by molar-refractivity contribution is 7.14. The van der Waals surface area contributed by atoms with Crippen molar-refractivity contribution in [2.75, 3.05) is 37.9 Å². The molecule has 240 valence electrons. The Morgan fingerprint density at radius 3 is 2.62 bits per heavy atom. The number of amides is 2. The van der Waals surface area contributed by atoms with Gasteiger partial charge in [-0.1, -0.05) is 30.3 Å². The van der Waals surface area contributed by atoms with Crippen molar-refractivity contribution in [3.05, 3.63) is 98.8 Å². The number of benzene rings is 2. The maximum atomic E-state index is 15.9. The third kappa shape index (κ3) is 4.53. The normalized spacial score (nSPS) is 19.8. The predicted molar refractivity (Wildman–Crippen MR) is 165 cm³/mol. The third-order valence-electron chi connectivity index (χ3n) is 9.02. The Kier molecular flexibility index (Phi) is 6.88. The largest absolute Gasteiger partial charge is 0.514 e. The zero-order valence-electron chi connectivity index (χ0n) is 24.9. The molecule has 2 atom stereocenters. The molecular weight excluding hydrogens is 634 g/mol. The van der Waals surface area contributed by atoms with Gasteiger partial charge in [-0.25, -0.2) is 13.6 Å². The van der Waals surface area contributed by atoms with Crippen LogP contribution >= 0.6 is 11.3 Å². The molecule has 0 radical (unpaired) electrons. The summed E-state index contributed by atoms with van der Waals surface area (Å²) in [5, 5.41) is 3.62. The van der Waals surface area contributed by atoms with Gasteiger partial charge < -0.3 is 24.0 Å². The third-order valence-corrected chi connectivity index (χ3v) is 9.97. The average molecular weight is 661 g/mol. The lowest BCUT2D eigenvalue weighted by atomic mass is 9.92. The van der Waals surface area contributed by atoms with Crippen LogP contribution in [0.15, 0.2) is 64.9 Å². The van der Waals surface area contributed by atoms with Crippen molar-refractivity contribution in [2.24, 2.45) is 0 Å². The van der Waals surface area contributed by atoms with Gasteiger partial charge in [0.1, 0.15) is 12.3 Å². The molecule has 2 fully saturated rings. The van der Waals surface area contributed by atoms with Gasteiger partial charge in [-0.05, 0) is 34.2 Å². The van der Waals surface area contributed by atoms with Crippen LogP contribution in [0.1, 0.15) is 34.6 Å². The number of hydrogen-bond acceptors (Lipinski definition) is 9. The molecule has 14 heteroatoms. The predicted octanol–water partition coefficient (Wildman–Crippen LogP) is 4.12. The van der Waals surface area contributed by atoms with E-state index in [2.05, 4.69) is 0 Å². The number of likely N-dealkylation sites (tertiary alicyclic amines) is 1. The van der Waals surface area contributed by atoms with Gasteiger partial charge in [-0.3, -0.25) is 24.1 Å². The average Bonchev–Trinajstić information content (AvgIpc) is 3.48. The minimum atomic E-state index is -1.19. The molecule has 1 aliphatic carbocycles. The number of thiophene rings is 1. The van der Waals surface area contributed by atoms with E-state index in [1.165, 1.54) is 45.0 Å². The molecule has 0 spiro atoms. The lowest BCUT2D eigenvalue weighted by molar-refractivity contribution is -0.139. The molecule has 4 aromatic rings. The van der Waals surface area contributed by atoms with E-state index in [9.17, 15) is 23.6 Å². The Balaban J connectivity index is 1.30. The Morgan fingerprint density at radius 2 is 1.81 bits per heavy atom. The van der Waals surface area contributed by atoms with Crippen molar-refractivity contribution < 1.29 is 37.4 Å². The van der Waals surface area contributed by atoms with Crippen molar-refractivity contribution in [3.8, 4) is 27.3 Å². The first kappa shape index (κ1) is 29.3. The second-order valence-electron chi connectivity index (χ2n) is 11.6. The van der Waals surface area contributed by atoms with Crippen LogP contribution in [0.25, 0.3) is 21.6 Å². The van der Waals surface area contributed by atoms with Crippen LogP contribution in [-0.2, 0) is 14.3 Å². The molecule has 3 aliphatic heterocycles. The van der Waals surface area contributed by atoms with Crippen LogP contribution in [0.5, 0.6) is 5.75 Å². The Labute approximate surface area is 270 Å². The van der Waals surface area contributed by atoms with Gasteiger partial charge in [-0.15, -0.1) is 11.3 Å². The van der Waals surface area contributed by atoms with Crippen molar-refractivity contribution in [1.82, 2.24) is 14.5 Å². The van der Waals surface area contributed by atoms with Crippen LogP contribution < -0.4 is 15.2 Å². The topological polar surface area (TPSA) is 111 Å². The minimum Gasteiger partial charge on any atom is -0.427 e.